The lowest BCUT2D eigenvalue weighted by atomic mass is 9.93. The predicted octanol–water partition coefficient (Wildman–Crippen LogP) is 2.33. The van der Waals surface area contributed by atoms with Gasteiger partial charge in [0.1, 0.15) is 0 Å². The zero-order chi connectivity index (χ0) is 17.7. The largest absolute Gasteiger partial charge is 0.341 e. The molecule has 7 heteroatoms. The number of likely N-dealkylation sites (N-methyl/N-ethyl adjacent to an activating group) is 1. The summed E-state index contributed by atoms with van der Waals surface area (Å²) < 4.78 is 0. The monoisotopic (exact) mass is 404 g/mol. The van der Waals surface area contributed by atoms with Gasteiger partial charge in [-0.15, -0.1) is 24.8 Å². The van der Waals surface area contributed by atoms with Gasteiger partial charge in [0, 0.05) is 51.9 Å². The third-order valence-corrected chi connectivity index (χ3v) is 4.77. The molecule has 0 bridgehead atoms. The number of carbonyl (C=O) groups is 1. The van der Waals surface area contributed by atoms with E-state index in [2.05, 4.69) is 42.8 Å². The summed E-state index contributed by atoms with van der Waals surface area (Å²) in [7, 11) is 4.01. The van der Waals surface area contributed by atoms with Crippen LogP contribution in [0, 0.1) is 5.41 Å². The summed E-state index contributed by atoms with van der Waals surface area (Å²) in [6, 6.07) is 8.04. The van der Waals surface area contributed by atoms with Crippen LogP contribution in [0.25, 0.3) is 0 Å². The Balaban J connectivity index is 0.00000312. The second-order valence-corrected chi connectivity index (χ2v) is 7.81. The second kappa shape index (κ2) is 11.1. The van der Waals surface area contributed by atoms with Crippen LogP contribution in [0.15, 0.2) is 24.3 Å². The highest BCUT2D eigenvalue weighted by Crippen LogP contribution is 2.16. The molecule has 1 saturated heterocycles. The molecule has 0 spiro atoms. The van der Waals surface area contributed by atoms with Crippen molar-refractivity contribution in [1.82, 2.24) is 14.7 Å². The number of carbonyl (C=O) groups excluding carboxylic acids is 1. The van der Waals surface area contributed by atoms with Crippen LogP contribution in [0.5, 0.6) is 0 Å². The molecule has 150 valence electrons. The van der Waals surface area contributed by atoms with Gasteiger partial charge in [0.25, 0.3) is 5.91 Å². The average Bonchev–Trinajstić information content (AvgIpc) is 2.56. The zero-order valence-electron chi connectivity index (χ0n) is 16.4. The van der Waals surface area contributed by atoms with Crippen LogP contribution in [0.2, 0.25) is 0 Å². The summed E-state index contributed by atoms with van der Waals surface area (Å²) in [5.41, 5.74) is 7.71. The van der Waals surface area contributed by atoms with Crippen molar-refractivity contribution in [3.8, 4) is 0 Å². The summed E-state index contributed by atoms with van der Waals surface area (Å²) >= 11 is 0. The number of amides is 1. The SMILES string of the molecule is CN1CCN(Cc2ccc(C(=O)N(C)CC(C)(C)CN)cc2)CC1.Cl.Cl. The van der Waals surface area contributed by atoms with Crippen LogP contribution >= 0.6 is 24.8 Å². The molecule has 1 aliphatic rings. The first-order valence-corrected chi connectivity index (χ1v) is 8.76. The Kier molecular flexibility index (Phi) is 10.7. The first-order chi connectivity index (χ1) is 11.3. The Hall–Kier alpha value is -0.850. The highest BCUT2D eigenvalue weighted by Gasteiger charge is 2.22. The molecule has 0 saturated carbocycles. The summed E-state index contributed by atoms with van der Waals surface area (Å²) in [4.78, 5) is 19.1. The molecule has 1 heterocycles. The van der Waals surface area contributed by atoms with Crippen molar-refractivity contribution in [3.05, 3.63) is 35.4 Å². The number of hydrogen-bond donors (Lipinski definition) is 1. The Bertz CT molecular complexity index is 543. The minimum Gasteiger partial charge on any atom is -0.341 e. The first kappa shape index (κ1) is 25.1. The van der Waals surface area contributed by atoms with E-state index < -0.39 is 0 Å². The number of piperazine rings is 1. The predicted molar refractivity (Wildman–Crippen MR) is 114 cm³/mol. The summed E-state index contributed by atoms with van der Waals surface area (Å²) in [5.74, 6) is 0.0580. The van der Waals surface area contributed by atoms with Crippen LogP contribution in [-0.2, 0) is 6.54 Å². The number of hydrogen-bond acceptors (Lipinski definition) is 4. The zero-order valence-corrected chi connectivity index (χ0v) is 18.0. The molecule has 5 nitrogen and oxygen atoms in total. The molecule has 2 rings (SSSR count). The number of nitrogens with zero attached hydrogens (tertiary/aromatic N) is 3. The van der Waals surface area contributed by atoms with E-state index in [0.29, 0.717) is 13.1 Å². The first-order valence-electron chi connectivity index (χ1n) is 8.76. The fraction of sp³-hybridized carbons (Fsp3) is 0.632. The number of benzene rings is 1. The third-order valence-electron chi connectivity index (χ3n) is 4.77. The third kappa shape index (κ3) is 7.41. The van der Waals surface area contributed by atoms with Crippen LogP contribution in [0.1, 0.15) is 29.8 Å². The van der Waals surface area contributed by atoms with Crippen molar-refractivity contribution in [1.29, 1.82) is 0 Å². The minimum absolute atomic E-state index is 0. The van der Waals surface area contributed by atoms with Gasteiger partial charge >= 0.3 is 0 Å². The molecule has 0 aromatic heterocycles. The molecular weight excluding hydrogens is 371 g/mol. The van der Waals surface area contributed by atoms with E-state index in [1.807, 2.05) is 19.2 Å². The maximum Gasteiger partial charge on any atom is 0.253 e. The van der Waals surface area contributed by atoms with Crippen LogP contribution < -0.4 is 5.73 Å². The van der Waals surface area contributed by atoms with Crippen molar-refractivity contribution in [2.24, 2.45) is 11.1 Å². The van der Waals surface area contributed by atoms with Gasteiger partial charge in [-0.2, -0.15) is 0 Å². The fourth-order valence-electron chi connectivity index (χ4n) is 3.02. The van der Waals surface area contributed by atoms with E-state index in [0.717, 1.165) is 38.3 Å². The number of nitrogens with two attached hydrogens (primary N) is 1. The van der Waals surface area contributed by atoms with E-state index >= 15 is 0 Å². The molecule has 0 radical (unpaired) electrons. The molecule has 2 N–H and O–H groups in total. The van der Waals surface area contributed by atoms with Crippen molar-refractivity contribution in [2.75, 3.05) is 53.4 Å². The molecule has 1 fully saturated rings. The highest BCUT2D eigenvalue weighted by molar-refractivity contribution is 5.94. The van der Waals surface area contributed by atoms with Crippen molar-refractivity contribution in [3.63, 3.8) is 0 Å². The quantitative estimate of drug-likeness (QED) is 0.790. The normalized spacial score (nSPS) is 15.7. The molecule has 1 aromatic carbocycles. The topological polar surface area (TPSA) is 52.8 Å². The summed E-state index contributed by atoms with van der Waals surface area (Å²) in [6.07, 6.45) is 0. The lowest BCUT2D eigenvalue weighted by Crippen LogP contribution is -2.43. The lowest BCUT2D eigenvalue weighted by molar-refractivity contribution is 0.0740. The maximum absolute atomic E-state index is 12.5. The molecule has 1 aliphatic heterocycles. The molecule has 0 unspecified atom stereocenters. The molecule has 0 aliphatic carbocycles. The van der Waals surface area contributed by atoms with E-state index in [1.165, 1.54) is 5.56 Å². The van der Waals surface area contributed by atoms with Crippen molar-refractivity contribution >= 4 is 30.7 Å². The van der Waals surface area contributed by atoms with Crippen molar-refractivity contribution < 1.29 is 4.79 Å². The standard InChI is InChI=1S/C19H32N4O.2ClH/c1-19(2,14-20)15-22(4)18(24)17-7-5-16(6-8-17)13-23-11-9-21(3)10-12-23;;/h5-8H,9-15,20H2,1-4H3;2*1H. The molecule has 1 aromatic rings. The second-order valence-electron chi connectivity index (χ2n) is 7.81. The number of rotatable bonds is 6. The summed E-state index contributed by atoms with van der Waals surface area (Å²) in [5, 5.41) is 0. The van der Waals surface area contributed by atoms with Crippen molar-refractivity contribution in [2.45, 2.75) is 20.4 Å². The van der Waals surface area contributed by atoms with Gasteiger partial charge < -0.3 is 15.5 Å². The fourth-order valence-corrected chi connectivity index (χ4v) is 3.02. The molecular formula is C19H34Cl2N4O. The van der Waals surface area contributed by atoms with Gasteiger partial charge in [0.05, 0.1) is 0 Å². The minimum atomic E-state index is -0.0637. The van der Waals surface area contributed by atoms with Gasteiger partial charge in [-0.3, -0.25) is 9.69 Å². The van der Waals surface area contributed by atoms with Gasteiger partial charge in [-0.1, -0.05) is 26.0 Å². The van der Waals surface area contributed by atoms with Gasteiger partial charge in [0.15, 0.2) is 0 Å². The Morgan fingerprint density at radius 3 is 2.15 bits per heavy atom. The molecule has 1 amide bonds. The van der Waals surface area contributed by atoms with E-state index in [1.54, 1.807) is 4.90 Å². The maximum atomic E-state index is 12.5. The van der Waals surface area contributed by atoms with Crippen LogP contribution in [0.4, 0.5) is 0 Å². The Morgan fingerprint density at radius 1 is 1.12 bits per heavy atom. The lowest BCUT2D eigenvalue weighted by Gasteiger charge is -2.32. The van der Waals surface area contributed by atoms with Gasteiger partial charge in [-0.25, -0.2) is 0 Å². The smallest absolute Gasteiger partial charge is 0.253 e. The average molecular weight is 405 g/mol. The van der Waals surface area contributed by atoms with Crippen LogP contribution in [-0.4, -0.2) is 74.0 Å². The Morgan fingerprint density at radius 2 is 1.65 bits per heavy atom. The molecule has 0 atom stereocenters. The van der Waals surface area contributed by atoms with Gasteiger partial charge in [-0.05, 0) is 36.7 Å². The Labute approximate surface area is 170 Å². The highest BCUT2D eigenvalue weighted by atomic mass is 35.5. The molecule has 26 heavy (non-hydrogen) atoms. The number of halogens is 2. The van der Waals surface area contributed by atoms with Crippen LogP contribution in [0.3, 0.4) is 0 Å². The van der Waals surface area contributed by atoms with E-state index in [9.17, 15) is 4.79 Å². The van der Waals surface area contributed by atoms with Gasteiger partial charge in [0.2, 0.25) is 0 Å². The van der Waals surface area contributed by atoms with E-state index in [4.69, 9.17) is 5.73 Å². The summed E-state index contributed by atoms with van der Waals surface area (Å²) in [6.45, 7) is 10.8. The van der Waals surface area contributed by atoms with E-state index in [-0.39, 0.29) is 36.1 Å².